The van der Waals surface area contributed by atoms with E-state index in [1.54, 1.807) is 11.9 Å². The summed E-state index contributed by atoms with van der Waals surface area (Å²) in [5.74, 6) is 0.673. The summed E-state index contributed by atoms with van der Waals surface area (Å²) in [6, 6.07) is 1.46. The van der Waals surface area contributed by atoms with Crippen LogP contribution in [0.3, 0.4) is 0 Å². The molecule has 0 saturated heterocycles. The first-order valence-electron chi connectivity index (χ1n) is 7.16. The molecular formula is C14H20N4O3. The Bertz CT molecular complexity index is 543. The summed E-state index contributed by atoms with van der Waals surface area (Å²) in [4.78, 5) is 28.5. The quantitative estimate of drug-likeness (QED) is 0.642. The molecule has 0 unspecified atom stereocenters. The summed E-state index contributed by atoms with van der Waals surface area (Å²) >= 11 is 0. The number of rotatable bonds is 6. The lowest BCUT2D eigenvalue weighted by atomic mass is 9.85. The van der Waals surface area contributed by atoms with Gasteiger partial charge >= 0.3 is 0 Å². The van der Waals surface area contributed by atoms with Crippen molar-refractivity contribution in [1.29, 1.82) is 0 Å². The molecule has 0 bridgehead atoms. The van der Waals surface area contributed by atoms with Crippen LogP contribution in [0.4, 0.5) is 11.5 Å². The largest absolute Gasteiger partial charge is 0.370 e. The number of carbonyl (C=O) groups is 1. The van der Waals surface area contributed by atoms with Gasteiger partial charge in [-0.2, -0.15) is 0 Å². The maximum absolute atomic E-state index is 12.5. The van der Waals surface area contributed by atoms with E-state index < -0.39 is 4.92 Å². The molecular weight excluding hydrogens is 272 g/mol. The number of hydrogen-bond acceptors (Lipinski definition) is 5. The minimum Gasteiger partial charge on any atom is -0.370 e. The smallest absolute Gasteiger partial charge is 0.300 e. The van der Waals surface area contributed by atoms with Crippen molar-refractivity contribution in [2.75, 3.05) is 25.5 Å². The van der Waals surface area contributed by atoms with Gasteiger partial charge in [-0.05, 0) is 25.7 Å². The van der Waals surface area contributed by atoms with Crippen LogP contribution < -0.4 is 5.32 Å². The number of carbonyl (C=O) groups excluding carboxylic acids is 1. The fraction of sp³-hybridized carbons (Fsp3) is 0.571. The maximum Gasteiger partial charge on any atom is 0.300 e. The van der Waals surface area contributed by atoms with Gasteiger partial charge in [-0.25, -0.2) is 4.98 Å². The molecule has 1 aromatic heterocycles. The third kappa shape index (κ3) is 3.48. The number of amides is 1. The van der Waals surface area contributed by atoms with Crippen LogP contribution in [0, 0.1) is 16.0 Å². The molecule has 0 radical (unpaired) electrons. The maximum atomic E-state index is 12.5. The van der Waals surface area contributed by atoms with Gasteiger partial charge in [0, 0.05) is 26.2 Å². The van der Waals surface area contributed by atoms with Gasteiger partial charge in [0.1, 0.15) is 17.6 Å². The number of nitro groups is 1. The second kappa shape index (κ2) is 6.51. The average Bonchev–Trinajstić information content (AvgIpc) is 2.41. The van der Waals surface area contributed by atoms with Crippen LogP contribution >= 0.6 is 0 Å². The Morgan fingerprint density at radius 1 is 1.57 bits per heavy atom. The molecule has 0 atom stereocenters. The monoisotopic (exact) mass is 292 g/mol. The van der Waals surface area contributed by atoms with Crippen molar-refractivity contribution in [1.82, 2.24) is 9.88 Å². The summed E-state index contributed by atoms with van der Waals surface area (Å²) < 4.78 is 0. The highest BCUT2D eigenvalue weighted by molar-refractivity contribution is 5.98. The molecule has 2 rings (SSSR count). The minimum atomic E-state index is -0.562. The minimum absolute atomic E-state index is 0.0905. The summed E-state index contributed by atoms with van der Waals surface area (Å²) in [7, 11) is 1.69. The Morgan fingerprint density at radius 2 is 2.29 bits per heavy atom. The number of nitrogens with zero attached hydrogens (tertiary/aromatic N) is 3. The molecule has 1 aliphatic rings. The lowest BCUT2D eigenvalue weighted by Crippen LogP contribution is -2.34. The molecule has 1 aromatic rings. The van der Waals surface area contributed by atoms with Crippen LogP contribution in [0.2, 0.25) is 0 Å². The summed E-state index contributed by atoms with van der Waals surface area (Å²) in [5.41, 5.74) is -0.158. The van der Waals surface area contributed by atoms with Gasteiger partial charge in [-0.3, -0.25) is 14.9 Å². The highest BCUT2D eigenvalue weighted by Gasteiger charge is 2.27. The second-order valence-corrected chi connectivity index (χ2v) is 5.36. The standard InChI is InChI=1S/C14H20N4O3/c1-3-15-13-7-11(12(8-16-13)18(20)21)14(19)17(2)9-10-5-4-6-10/h7-8,10H,3-6,9H2,1-2H3,(H,15,16). The average molecular weight is 292 g/mol. The predicted octanol–water partition coefficient (Wildman–Crippen LogP) is 2.29. The molecule has 0 spiro atoms. The Morgan fingerprint density at radius 3 is 2.81 bits per heavy atom. The fourth-order valence-corrected chi connectivity index (χ4v) is 2.39. The molecule has 1 heterocycles. The normalized spacial score (nSPS) is 14.4. The van der Waals surface area contributed by atoms with Crippen molar-refractivity contribution in [3.05, 3.63) is 27.9 Å². The van der Waals surface area contributed by atoms with Crippen LogP contribution in [-0.2, 0) is 0 Å². The van der Waals surface area contributed by atoms with Crippen molar-refractivity contribution in [3.63, 3.8) is 0 Å². The Balaban J connectivity index is 2.23. The highest BCUT2D eigenvalue weighted by atomic mass is 16.6. The molecule has 1 fully saturated rings. The van der Waals surface area contributed by atoms with E-state index in [-0.39, 0.29) is 17.2 Å². The zero-order chi connectivity index (χ0) is 15.4. The number of aromatic nitrogens is 1. The van der Waals surface area contributed by atoms with E-state index >= 15 is 0 Å². The van der Waals surface area contributed by atoms with E-state index in [9.17, 15) is 14.9 Å². The zero-order valence-electron chi connectivity index (χ0n) is 12.3. The predicted molar refractivity (Wildman–Crippen MR) is 79.4 cm³/mol. The molecule has 1 saturated carbocycles. The number of anilines is 1. The first kappa shape index (κ1) is 15.2. The summed E-state index contributed by atoms with van der Waals surface area (Å²) in [5, 5.41) is 14.0. The van der Waals surface area contributed by atoms with Gasteiger partial charge in [0.25, 0.3) is 11.6 Å². The van der Waals surface area contributed by atoms with Crippen molar-refractivity contribution >= 4 is 17.4 Å². The van der Waals surface area contributed by atoms with Gasteiger partial charge in [-0.1, -0.05) is 6.42 Å². The fourth-order valence-electron chi connectivity index (χ4n) is 2.39. The third-order valence-electron chi connectivity index (χ3n) is 3.77. The van der Waals surface area contributed by atoms with Gasteiger partial charge in [0.15, 0.2) is 0 Å². The van der Waals surface area contributed by atoms with E-state index in [2.05, 4.69) is 10.3 Å². The molecule has 1 N–H and O–H groups in total. The summed E-state index contributed by atoms with van der Waals surface area (Å²) in [6.07, 6.45) is 4.59. The van der Waals surface area contributed by atoms with Gasteiger partial charge in [0.05, 0.1) is 4.92 Å². The molecule has 7 nitrogen and oxygen atoms in total. The SMILES string of the molecule is CCNc1cc(C(=O)N(C)CC2CCC2)c([N+](=O)[O-])cn1. The zero-order valence-corrected chi connectivity index (χ0v) is 12.3. The lowest BCUT2D eigenvalue weighted by molar-refractivity contribution is -0.385. The van der Waals surface area contributed by atoms with Crippen molar-refractivity contribution in [2.45, 2.75) is 26.2 Å². The molecule has 0 aliphatic heterocycles. The first-order chi connectivity index (χ1) is 10.0. The van der Waals surface area contributed by atoms with Gasteiger partial charge in [0.2, 0.25) is 0 Å². The van der Waals surface area contributed by atoms with Gasteiger partial charge < -0.3 is 10.2 Å². The van der Waals surface area contributed by atoms with E-state index in [1.807, 2.05) is 6.92 Å². The van der Waals surface area contributed by atoms with Crippen molar-refractivity contribution < 1.29 is 9.72 Å². The molecule has 0 aromatic carbocycles. The molecule has 1 aliphatic carbocycles. The molecule has 1 amide bonds. The van der Waals surface area contributed by atoms with Crippen LogP contribution in [0.5, 0.6) is 0 Å². The van der Waals surface area contributed by atoms with Crippen molar-refractivity contribution in [2.24, 2.45) is 5.92 Å². The van der Waals surface area contributed by atoms with Crippen molar-refractivity contribution in [3.8, 4) is 0 Å². The third-order valence-corrected chi connectivity index (χ3v) is 3.77. The highest BCUT2D eigenvalue weighted by Crippen LogP contribution is 2.28. The van der Waals surface area contributed by atoms with Crippen LogP contribution in [0.1, 0.15) is 36.5 Å². The van der Waals surface area contributed by atoms with Gasteiger partial charge in [-0.15, -0.1) is 0 Å². The van der Waals surface area contributed by atoms with E-state index in [4.69, 9.17) is 0 Å². The summed E-state index contributed by atoms with van der Waals surface area (Å²) in [6.45, 7) is 3.18. The Labute approximate surface area is 123 Å². The van der Waals surface area contributed by atoms with Crippen LogP contribution in [-0.4, -0.2) is 40.9 Å². The van der Waals surface area contributed by atoms with E-state index in [0.717, 1.165) is 19.0 Å². The van der Waals surface area contributed by atoms with E-state index in [0.29, 0.717) is 24.8 Å². The first-order valence-corrected chi connectivity index (χ1v) is 7.16. The second-order valence-electron chi connectivity index (χ2n) is 5.36. The van der Waals surface area contributed by atoms with Crippen LogP contribution in [0.25, 0.3) is 0 Å². The number of pyridine rings is 1. The van der Waals surface area contributed by atoms with E-state index in [1.165, 1.54) is 12.5 Å². The molecule has 21 heavy (non-hydrogen) atoms. The molecule has 7 heteroatoms. The topological polar surface area (TPSA) is 88.4 Å². The number of nitrogens with one attached hydrogen (secondary N) is 1. The Hall–Kier alpha value is -2.18. The number of hydrogen-bond donors (Lipinski definition) is 1. The molecule has 114 valence electrons. The Kier molecular flexibility index (Phi) is 4.72. The van der Waals surface area contributed by atoms with Crippen LogP contribution in [0.15, 0.2) is 12.3 Å². The lowest BCUT2D eigenvalue weighted by Gasteiger charge is -2.30.